The zero-order valence-corrected chi connectivity index (χ0v) is 20.9. The Kier molecular flexibility index (Phi) is 7.17. The normalized spacial score (nSPS) is 27.7. The third-order valence-electron chi connectivity index (χ3n) is 7.83. The number of anilines is 1. The number of likely N-dealkylation sites (tertiary alicyclic amines) is 1. The minimum Gasteiger partial charge on any atom is -0.497 e. The first-order valence-electron chi connectivity index (χ1n) is 12.8. The van der Waals surface area contributed by atoms with E-state index in [-0.39, 0.29) is 24.3 Å². The topological polar surface area (TPSA) is 117 Å². The molecule has 9 nitrogen and oxygen atoms in total. The van der Waals surface area contributed by atoms with Gasteiger partial charge in [-0.1, -0.05) is 30.3 Å². The molecule has 3 fully saturated rings. The Bertz CT molecular complexity index is 1140. The van der Waals surface area contributed by atoms with E-state index in [9.17, 15) is 19.5 Å². The van der Waals surface area contributed by atoms with E-state index in [2.05, 4.69) is 10.6 Å². The average Bonchev–Trinajstić information content (AvgIpc) is 3.56. The van der Waals surface area contributed by atoms with E-state index in [0.29, 0.717) is 50.2 Å². The first-order chi connectivity index (χ1) is 18.0. The highest BCUT2D eigenvalue weighted by atomic mass is 16.5. The predicted molar refractivity (Wildman–Crippen MR) is 136 cm³/mol. The van der Waals surface area contributed by atoms with Crippen LogP contribution in [0.4, 0.5) is 5.69 Å². The number of aliphatic hydroxyl groups is 1. The Hall–Kier alpha value is -3.43. The molecule has 3 aliphatic rings. The molecule has 0 aliphatic carbocycles. The summed E-state index contributed by atoms with van der Waals surface area (Å²) in [4.78, 5) is 42.5. The quantitative estimate of drug-likeness (QED) is 0.424. The number of carbonyl (C=O) groups is 3. The molecule has 2 aromatic rings. The summed E-state index contributed by atoms with van der Waals surface area (Å²) in [6.07, 6.45) is 1.81. The van der Waals surface area contributed by atoms with Crippen LogP contribution in [0.3, 0.4) is 0 Å². The van der Waals surface area contributed by atoms with Gasteiger partial charge in [0.15, 0.2) is 0 Å². The molecule has 3 saturated heterocycles. The standard InChI is InChI=1S/C28H33N3O6/c1-36-20-11-9-19(10-12-20)30-26(34)24-28-14-13-21(37-28)22(23(28)27(35)31(24)15-5-6-16-32)25(33)29-17-18-7-3-2-4-8-18/h2-4,7-12,21-24,32H,5-6,13-17H2,1H3,(H,29,33)(H,30,34)/t21-,22+,23+,24?,28?/m1/s1. The van der Waals surface area contributed by atoms with Gasteiger partial charge in [-0.05, 0) is 55.5 Å². The van der Waals surface area contributed by atoms with Crippen LogP contribution in [0.5, 0.6) is 5.75 Å². The lowest BCUT2D eigenvalue weighted by Gasteiger charge is -2.33. The number of hydrogen-bond acceptors (Lipinski definition) is 6. The molecular weight excluding hydrogens is 474 g/mol. The molecule has 37 heavy (non-hydrogen) atoms. The van der Waals surface area contributed by atoms with Crippen molar-refractivity contribution >= 4 is 23.4 Å². The molecule has 0 aromatic heterocycles. The molecule has 2 unspecified atom stereocenters. The van der Waals surface area contributed by atoms with Crippen molar-refractivity contribution in [2.45, 2.75) is 50.0 Å². The molecule has 0 radical (unpaired) electrons. The zero-order chi connectivity index (χ0) is 26.0. The van der Waals surface area contributed by atoms with E-state index in [4.69, 9.17) is 9.47 Å². The van der Waals surface area contributed by atoms with Gasteiger partial charge >= 0.3 is 0 Å². The molecule has 3 amide bonds. The van der Waals surface area contributed by atoms with Crippen LogP contribution >= 0.6 is 0 Å². The summed E-state index contributed by atoms with van der Waals surface area (Å²) in [5.74, 6) is -1.49. The van der Waals surface area contributed by atoms with Gasteiger partial charge in [0.2, 0.25) is 17.7 Å². The molecule has 3 heterocycles. The van der Waals surface area contributed by atoms with E-state index < -0.39 is 29.6 Å². The maximum Gasteiger partial charge on any atom is 0.250 e. The Morgan fingerprint density at radius 1 is 1.11 bits per heavy atom. The molecule has 3 aliphatic heterocycles. The minimum absolute atomic E-state index is 0.00239. The van der Waals surface area contributed by atoms with Gasteiger partial charge in [0.05, 0.1) is 25.0 Å². The number of carbonyl (C=O) groups excluding carboxylic acids is 3. The van der Waals surface area contributed by atoms with Crippen LogP contribution in [-0.4, -0.2) is 65.7 Å². The first kappa shape index (κ1) is 25.2. The van der Waals surface area contributed by atoms with Crippen LogP contribution in [0.1, 0.15) is 31.2 Å². The maximum atomic E-state index is 13.8. The number of rotatable bonds is 10. The number of nitrogens with zero attached hydrogens (tertiary/aromatic N) is 1. The lowest BCUT2D eigenvalue weighted by Crippen LogP contribution is -2.53. The second-order valence-electron chi connectivity index (χ2n) is 9.94. The summed E-state index contributed by atoms with van der Waals surface area (Å²) in [5.41, 5.74) is 0.500. The molecule has 2 aromatic carbocycles. The lowest BCUT2D eigenvalue weighted by atomic mass is 9.70. The number of ether oxygens (including phenoxy) is 2. The number of unbranched alkanes of at least 4 members (excludes halogenated alkanes) is 1. The van der Waals surface area contributed by atoms with Crippen molar-refractivity contribution in [3.05, 3.63) is 60.2 Å². The summed E-state index contributed by atoms with van der Waals surface area (Å²) in [5, 5.41) is 15.2. The molecule has 1 spiro atoms. The van der Waals surface area contributed by atoms with Crippen molar-refractivity contribution in [2.75, 3.05) is 25.6 Å². The number of aliphatic hydroxyl groups excluding tert-OH is 1. The molecule has 5 rings (SSSR count). The Labute approximate surface area is 216 Å². The fraction of sp³-hybridized carbons (Fsp3) is 0.464. The largest absolute Gasteiger partial charge is 0.497 e. The third-order valence-corrected chi connectivity index (χ3v) is 7.83. The smallest absolute Gasteiger partial charge is 0.250 e. The Morgan fingerprint density at radius 2 is 1.86 bits per heavy atom. The highest BCUT2D eigenvalue weighted by Gasteiger charge is 2.74. The molecular formula is C28H33N3O6. The number of benzene rings is 2. The molecule has 196 valence electrons. The summed E-state index contributed by atoms with van der Waals surface area (Å²) < 4.78 is 11.6. The fourth-order valence-electron chi connectivity index (χ4n) is 6.18. The molecule has 5 atom stereocenters. The van der Waals surface area contributed by atoms with Crippen LogP contribution in [-0.2, 0) is 25.7 Å². The molecule has 2 bridgehead atoms. The van der Waals surface area contributed by atoms with E-state index in [1.807, 2.05) is 30.3 Å². The fourth-order valence-corrected chi connectivity index (χ4v) is 6.18. The number of methoxy groups -OCH3 is 1. The van der Waals surface area contributed by atoms with E-state index >= 15 is 0 Å². The number of nitrogens with one attached hydrogen (secondary N) is 2. The monoisotopic (exact) mass is 507 g/mol. The van der Waals surface area contributed by atoms with Crippen LogP contribution in [0.2, 0.25) is 0 Å². The van der Waals surface area contributed by atoms with Gasteiger partial charge in [-0.3, -0.25) is 14.4 Å². The highest BCUT2D eigenvalue weighted by Crippen LogP contribution is 2.58. The van der Waals surface area contributed by atoms with Gasteiger partial charge in [0.25, 0.3) is 0 Å². The van der Waals surface area contributed by atoms with Gasteiger partial charge < -0.3 is 30.1 Å². The van der Waals surface area contributed by atoms with Crippen LogP contribution < -0.4 is 15.4 Å². The van der Waals surface area contributed by atoms with Crippen LogP contribution in [0.15, 0.2) is 54.6 Å². The Balaban J connectivity index is 1.39. The van der Waals surface area contributed by atoms with Crippen LogP contribution in [0.25, 0.3) is 0 Å². The van der Waals surface area contributed by atoms with Gasteiger partial charge in [0.1, 0.15) is 17.4 Å². The molecule has 0 saturated carbocycles. The van der Waals surface area contributed by atoms with Crippen molar-refractivity contribution in [3.8, 4) is 5.75 Å². The molecule has 9 heteroatoms. The first-order valence-corrected chi connectivity index (χ1v) is 12.8. The van der Waals surface area contributed by atoms with Crippen molar-refractivity contribution in [3.63, 3.8) is 0 Å². The predicted octanol–water partition coefficient (Wildman–Crippen LogP) is 2.10. The summed E-state index contributed by atoms with van der Waals surface area (Å²) >= 11 is 0. The SMILES string of the molecule is COc1ccc(NC(=O)C2N(CCCCO)C(=O)[C@@H]3[C@@H](C(=O)NCc4ccccc4)[C@H]4CCC23O4)cc1. The second kappa shape index (κ2) is 10.5. The van der Waals surface area contributed by atoms with Gasteiger partial charge in [-0.2, -0.15) is 0 Å². The number of hydrogen-bond donors (Lipinski definition) is 3. The van der Waals surface area contributed by atoms with E-state index in [1.54, 1.807) is 36.3 Å². The minimum atomic E-state index is -1.05. The number of fused-ring (bicyclic) bond motifs is 1. The van der Waals surface area contributed by atoms with Crippen LogP contribution in [0, 0.1) is 11.8 Å². The molecule has 3 N–H and O–H groups in total. The van der Waals surface area contributed by atoms with Crippen molar-refractivity contribution in [2.24, 2.45) is 11.8 Å². The van der Waals surface area contributed by atoms with Gasteiger partial charge in [-0.25, -0.2) is 0 Å². The van der Waals surface area contributed by atoms with Crippen molar-refractivity contribution in [1.29, 1.82) is 0 Å². The van der Waals surface area contributed by atoms with E-state index in [1.165, 1.54) is 0 Å². The summed E-state index contributed by atoms with van der Waals surface area (Å²) in [6.45, 7) is 0.672. The van der Waals surface area contributed by atoms with Gasteiger partial charge in [0, 0.05) is 25.4 Å². The highest BCUT2D eigenvalue weighted by molar-refractivity contribution is 6.03. The van der Waals surface area contributed by atoms with Crippen molar-refractivity contribution < 1.29 is 29.0 Å². The lowest BCUT2D eigenvalue weighted by molar-refractivity contribution is -0.141. The zero-order valence-electron chi connectivity index (χ0n) is 20.9. The summed E-state index contributed by atoms with van der Waals surface area (Å²) in [7, 11) is 1.57. The third kappa shape index (κ3) is 4.57. The van der Waals surface area contributed by atoms with Gasteiger partial charge in [-0.15, -0.1) is 0 Å². The number of amides is 3. The Morgan fingerprint density at radius 3 is 2.57 bits per heavy atom. The van der Waals surface area contributed by atoms with Crippen molar-refractivity contribution in [1.82, 2.24) is 10.2 Å². The average molecular weight is 508 g/mol. The summed E-state index contributed by atoms with van der Waals surface area (Å²) in [6, 6.07) is 15.7. The maximum absolute atomic E-state index is 13.8. The second-order valence-corrected chi connectivity index (χ2v) is 9.94. The van der Waals surface area contributed by atoms with E-state index in [0.717, 1.165) is 5.56 Å².